The zero-order chi connectivity index (χ0) is 14.0. The van der Waals surface area contributed by atoms with Crippen molar-refractivity contribution in [3.63, 3.8) is 0 Å². The van der Waals surface area contributed by atoms with Gasteiger partial charge >= 0.3 is 5.97 Å². The first kappa shape index (κ1) is 13.3. The molecule has 0 saturated heterocycles. The lowest BCUT2D eigenvalue weighted by atomic mass is 10.0. The number of hydrogen-bond donors (Lipinski definition) is 1. The number of halogens is 2. The maximum Gasteiger partial charge on any atom is 0.338 e. The van der Waals surface area contributed by atoms with E-state index in [9.17, 15) is 9.18 Å². The predicted molar refractivity (Wildman–Crippen MR) is 70.4 cm³/mol. The Balaban J connectivity index is 2.68. The first-order chi connectivity index (χ1) is 9.04. The molecule has 0 bridgehead atoms. The predicted octanol–water partition coefficient (Wildman–Crippen LogP) is 2.91. The Morgan fingerprint density at radius 3 is 2.84 bits per heavy atom. The van der Waals surface area contributed by atoms with Crippen LogP contribution in [0.5, 0.6) is 0 Å². The van der Waals surface area contributed by atoms with Crippen LogP contribution < -0.4 is 5.73 Å². The number of carbonyl (C=O) groups excluding carboxylic acids is 1. The van der Waals surface area contributed by atoms with E-state index in [-0.39, 0.29) is 27.5 Å². The van der Waals surface area contributed by atoms with Crippen LogP contribution in [0.15, 0.2) is 30.5 Å². The Morgan fingerprint density at radius 1 is 1.42 bits per heavy atom. The molecule has 2 rings (SSSR count). The van der Waals surface area contributed by atoms with Crippen LogP contribution >= 0.6 is 11.6 Å². The number of benzene rings is 1. The van der Waals surface area contributed by atoms with Crippen LogP contribution in [-0.2, 0) is 4.74 Å². The lowest BCUT2D eigenvalue weighted by molar-refractivity contribution is 0.0601. The Morgan fingerprint density at radius 2 is 2.16 bits per heavy atom. The number of nitrogen functional groups attached to an aromatic ring is 1. The van der Waals surface area contributed by atoms with Crippen molar-refractivity contribution in [2.24, 2.45) is 0 Å². The zero-order valence-corrected chi connectivity index (χ0v) is 10.7. The van der Waals surface area contributed by atoms with Crippen molar-refractivity contribution in [3.05, 3.63) is 46.9 Å². The van der Waals surface area contributed by atoms with Gasteiger partial charge in [-0.05, 0) is 12.1 Å². The maximum absolute atomic E-state index is 14.0. The molecule has 4 nitrogen and oxygen atoms in total. The molecular formula is C13H10ClFN2O2. The molecule has 19 heavy (non-hydrogen) atoms. The molecule has 0 saturated carbocycles. The topological polar surface area (TPSA) is 65.2 Å². The van der Waals surface area contributed by atoms with E-state index in [1.807, 2.05) is 0 Å². The van der Waals surface area contributed by atoms with Gasteiger partial charge in [0, 0.05) is 17.3 Å². The standard InChI is InChI=1S/C13H10ClFN2O2/c1-19-13(18)8-5-11(16)17-6-9(8)7-3-2-4-10(14)12(7)15/h2-6H,1H3,(H2,16,17). The van der Waals surface area contributed by atoms with Crippen molar-refractivity contribution in [3.8, 4) is 11.1 Å². The van der Waals surface area contributed by atoms with Crippen molar-refractivity contribution in [1.29, 1.82) is 0 Å². The average Bonchev–Trinajstić information content (AvgIpc) is 2.41. The van der Waals surface area contributed by atoms with Gasteiger partial charge in [0.05, 0.1) is 17.7 Å². The van der Waals surface area contributed by atoms with E-state index in [1.54, 1.807) is 6.07 Å². The number of nitrogens with two attached hydrogens (primary N) is 1. The van der Waals surface area contributed by atoms with Crippen LogP contribution in [0.3, 0.4) is 0 Å². The second-order valence-corrected chi connectivity index (χ2v) is 4.15. The third-order valence-electron chi connectivity index (χ3n) is 2.57. The van der Waals surface area contributed by atoms with Gasteiger partial charge in [0.25, 0.3) is 0 Å². The number of hydrogen-bond acceptors (Lipinski definition) is 4. The molecule has 0 spiro atoms. The van der Waals surface area contributed by atoms with Crippen LogP contribution in [0.4, 0.5) is 10.2 Å². The maximum atomic E-state index is 14.0. The van der Waals surface area contributed by atoms with E-state index < -0.39 is 11.8 Å². The number of ether oxygens (including phenoxy) is 1. The van der Waals surface area contributed by atoms with Crippen LogP contribution in [0, 0.1) is 5.82 Å². The fourth-order valence-electron chi connectivity index (χ4n) is 1.68. The second kappa shape index (κ2) is 5.24. The van der Waals surface area contributed by atoms with E-state index >= 15 is 0 Å². The molecule has 0 aliphatic rings. The van der Waals surface area contributed by atoms with Gasteiger partial charge in [-0.2, -0.15) is 0 Å². The molecule has 0 unspecified atom stereocenters. The summed E-state index contributed by atoms with van der Waals surface area (Å²) in [4.78, 5) is 15.6. The summed E-state index contributed by atoms with van der Waals surface area (Å²) in [6, 6.07) is 5.84. The SMILES string of the molecule is COC(=O)c1cc(N)ncc1-c1cccc(Cl)c1F. The quantitative estimate of drug-likeness (QED) is 0.859. The Labute approximate surface area is 114 Å². The number of methoxy groups -OCH3 is 1. The highest BCUT2D eigenvalue weighted by atomic mass is 35.5. The van der Waals surface area contributed by atoms with E-state index in [4.69, 9.17) is 17.3 Å². The summed E-state index contributed by atoms with van der Waals surface area (Å²) in [5.74, 6) is -1.10. The largest absolute Gasteiger partial charge is 0.465 e. The number of rotatable bonds is 2. The van der Waals surface area contributed by atoms with Crippen LogP contribution in [-0.4, -0.2) is 18.1 Å². The highest BCUT2D eigenvalue weighted by Gasteiger charge is 2.18. The molecule has 6 heteroatoms. The molecule has 0 atom stereocenters. The van der Waals surface area contributed by atoms with Crippen molar-refractivity contribution in [2.75, 3.05) is 12.8 Å². The fraction of sp³-hybridized carbons (Fsp3) is 0.0769. The number of esters is 1. The van der Waals surface area contributed by atoms with Gasteiger partial charge in [0.15, 0.2) is 0 Å². The molecule has 0 aliphatic carbocycles. The first-order valence-electron chi connectivity index (χ1n) is 5.32. The normalized spacial score (nSPS) is 10.3. The van der Waals surface area contributed by atoms with Crippen LogP contribution in [0.1, 0.15) is 10.4 Å². The summed E-state index contributed by atoms with van der Waals surface area (Å²) in [7, 11) is 1.23. The Bertz CT molecular complexity index is 647. The molecule has 1 aromatic heterocycles. The van der Waals surface area contributed by atoms with Gasteiger partial charge in [-0.3, -0.25) is 0 Å². The molecule has 2 N–H and O–H groups in total. The third-order valence-corrected chi connectivity index (χ3v) is 2.86. The molecule has 0 amide bonds. The van der Waals surface area contributed by atoms with Crippen LogP contribution in [0.2, 0.25) is 5.02 Å². The van der Waals surface area contributed by atoms with Gasteiger partial charge in [-0.1, -0.05) is 23.7 Å². The summed E-state index contributed by atoms with van der Waals surface area (Å²) in [6.45, 7) is 0. The fourth-order valence-corrected chi connectivity index (χ4v) is 1.85. The smallest absolute Gasteiger partial charge is 0.338 e. The molecule has 0 aliphatic heterocycles. The van der Waals surface area contributed by atoms with E-state index in [1.165, 1.54) is 31.5 Å². The highest BCUT2D eigenvalue weighted by Crippen LogP contribution is 2.30. The molecule has 1 aromatic carbocycles. The number of aromatic nitrogens is 1. The van der Waals surface area contributed by atoms with Gasteiger partial charge in [0.2, 0.25) is 0 Å². The van der Waals surface area contributed by atoms with Gasteiger partial charge in [-0.25, -0.2) is 14.2 Å². The minimum Gasteiger partial charge on any atom is -0.465 e. The Hall–Kier alpha value is -2.14. The van der Waals surface area contributed by atoms with Crippen molar-refractivity contribution < 1.29 is 13.9 Å². The monoisotopic (exact) mass is 280 g/mol. The van der Waals surface area contributed by atoms with Crippen molar-refractivity contribution >= 4 is 23.4 Å². The van der Waals surface area contributed by atoms with Crippen LogP contribution in [0.25, 0.3) is 11.1 Å². The minimum absolute atomic E-state index is 0.0369. The summed E-state index contributed by atoms with van der Waals surface area (Å²) >= 11 is 5.72. The van der Waals surface area contributed by atoms with Gasteiger partial charge in [0.1, 0.15) is 11.6 Å². The summed E-state index contributed by atoms with van der Waals surface area (Å²) in [5.41, 5.74) is 6.11. The van der Waals surface area contributed by atoms with Gasteiger partial charge < -0.3 is 10.5 Å². The molecule has 1 heterocycles. The number of carbonyl (C=O) groups is 1. The zero-order valence-electron chi connectivity index (χ0n) is 9.98. The number of anilines is 1. The molecule has 2 aromatic rings. The number of nitrogens with zero attached hydrogens (tertiary/aromatic N) is 1. The van der Waals surface area contributed by atoms with Crippen molar-refractivity contribution in [1.82, 2.24) is 4.98 Å². The van der Waals surface area contributed by atoms with E-state index in [0.717, 1.165) is 0 Å². The molecule has 0 fully saturated rings. The summed E-state index contributed by atoms with van der Waals surface area (Å²) in [5, 5.41) is -0.0369. The minimum atomic E-state index is -0.624. The average molecular weight is 281 g/mol. The summed E-state index contributed by atoms with van der Waals surface area (Å²) < 4.78 is 18.6. The highest BCUT2D eigenvalue weighted by molar-refractivity contribution is 6.31. The Kier molecular flexibility index (Phi) is 3.66. The molecule has 98 valence electrons. The van der Waals surface area contributed by atoms with E-state index in [2.05, 4.69) is 9.72 Å². The molecule has 0 radical (unpaired) electrons. The second-order valence-electron chi connectivity index (χ2n) is 3.75. The molecular weight excluding hydrogens is 271 g/mol. The van der Waals surface area contributed by atoms with Crippen molar-refractivity contribution in [2.45, 2.75) is 0 Å². The first-order valence-corrected chi connectivity index (χ1v) is 5.70. The number of pyridine rings is 1. The van der Waals surface area contributed by atoms with E-state index in [0.29, 0.717) is 0 Å². The van der Waals surface area contributed by atoms with Gasteiger partial charge in [-0.15, -0.1) is 0 Å². The lowest BCUT2D eigenvalue weighted by Gasteiger charge is -2.10. The third kappa shape index (κ3) is 2.51. The summed E-state index contributed by atoms with van der Waals surface area (Å²) in [6.07, 6.45) is 1.32. The lowest BCUT2D eigenvalue weighted by Crippen LogP contribution is -2.06.